The Bertz CT molecular complexity index is 985. The van der Waals surface area contributed by atoms with Crippen LogP contribution in [0.15, 0.2) is 28.8 Å². The van der Waals surface area contributed by atoms with Crippen molar-refractivity contribution in [1.29, 1.82) is 0 Å². The van der Waals surface area contributed by atoms with Crippen molar-refractivity contribution in [2.75, 3.05) is 52.6 Å². The van der Waals surface area contributed by atoms with Gasteiger partial charge in [-0.25, -0.2) is 4.39 Å². The first-order valence-corrected chi connectivity index (χ1v) is 11.4. The second kappa shape index (κ2) is 10.5. The summed E-state index contributed by atoms with van der Waals surface area (Å²) >= 11 is 0. The number of benzene rings is 1. The molecule has 2 fully saturated rings. The average molecular weight is 476 g/mol. The van der Waals surface area contributed by atoms with E-state index >= 15 is 0 Å². The van der Waals surface area contributed by atoms with Gasteiger partial charge in [-0.2, -0.15) is 0 Å². The van der Waals surface area contributed by atoms with Gasteiger partial charge in [-0.05, 0) is 38.1 Å². The Kier molecular flexibility index (Phi) is 7.47. The number of hydrogen-bond donors (Lipinski definition) is 0. The molecule has 2 saturated heterocycles. The predicted molar refractivity (Wildman–Crippen MR) is 119 cm³/mol. The van der Waals surface area contributed by atoms with Gasteiger partial charge in [0.05, 0.1) is 44.9 Å². The fraction of sp³-hybridized carbons (Fsp3) is 0.542. The zero-order chi connectivity index (χ0) is 24.1. The van der Waals surface area contributed by atoms with Gasteiger partial charge < -0.3 is 28.5 Å². The third kappa shape index (κ3) is 5.74. The second-order valence-electron chi connectivity index (χ2n) is 8.74. The van der Waals surface area contributed by atoms with Gasteiger partial charge in [-0.3, -0.25) is 9.59 Å². The van der Waals surface area contributed by atoms with E-state index in [9.17, 15) is 14.0 Å². The quantitative estimate of drug-likeness (QED) is 0.604. The normalized spacial score (nSPS) is 20.9. The van der Waals surface area contributed by atoms with Crippen LogP contribution in [-0.2, 0) is 25.5 Å². The number of aromatic nitrogens is 1. The maximum atomic E-state index is 13.3. The van der Waals surface area contributed by atoms with Gasteiger partial charge in [-0.1, -0.05) is 5.16 Å². The third-order valence-electron chi connectivity index (χ3n) is 6.26. The number of hydrogen-bond acceptors (Lipinski definition) is 7. The highest BCUT2D eigenvalue weighted by Crippen LogP contribution is 2.27. The summed E-state index contributed by atoms with van der Waals surface area (Å²) < 4.78 is 35.9. The van der Waals surface area contributed by atoms with Crippen LogP contribution < -0.4 is 4.74 Å². The van der Waals surface area contributed by atoms with Crippen molar-refractivity contribution in [3.63, 3.8) is 0 Å². The van der Waals surface area contributed by atoms with Crippen LogP contribution in [0.25, 0.3) is 0 Å². The maximum Gasteiger partial charge on any atom is 0.227 e. The van der Waals surface area contributed by atoms with Crippen LogP contribution in [0.1, 0.15) is 23.4 Å². The summed E-state index contributed by atoms with van der Waals surface area (Å²) in [5.74, 6) is 0.540. The highest BCUT2D eigenvalue weighted by molar-refractivity contribution is 5.80. The third-order valence-corrected chi connectivity index (χ3v) is 6.26. The second-order valence-corrected chi connectivity index (χ2v) is 8.74. The molecule has 0 N–H and O–H groups in total. The molecule has 184 valence electrons. The standard InChI is InChI=1S/C24H30FN3O6/c1-17-21(18(2)34-26-17)13-22(29)28-9-12-33-24(15-28,14-23(30)27-7-10-31-11-8-27)16-32-20-5-3-19(25)4-6-20/h3-6H,7-16H2,1-2H3/t24-/m0/s1. The van der Waals surface area contributed by atoms with Gasteiger partial charge in [0.2, 0.25) is 11.8 Å². The lowest BCUT2D eigenvalue weighted by molar-refractivity contribution is -0.167. The van der Waals surface area contributed by atoms with Crippen LogP contribution in [0.4, 0.5) is 4.39 Å². The van der Waals surface area contributed by atoms with E-state index < -0.39 is 5.60 Å². The number of carbonyl (C=O) groups is 2. The molecule has 1 atom stereocenters. The van der Waals surface area contributed by atoms with E-state index in [1.165, 1.54) is 24.3 Å². The molecule has 0 saturated carbocycles. The Morgan fingerprint density at radius 1 is 1.06 bits per heavy atom. The number of halogens is 1. The molecule has 0 aliphatic carbocycles. The van der Waals surface area contributed by atoms with Crippen LogP contribution in [0, 0.1) is 19.7 Å². The molecule has 9 nitrogen and oxygen atoms in total. The fourth-order valence-electron chi connectivity index (χ4n) is 4.27. The summed E-state index contributed by atoms with van der Waals surface area (Å²) in [6, 6.07) is 5.66. The molecule has 0 bridgehead atoms. The molecule has 2 aromatic rings. The molecule has 1 aromatic heterocycles. The summed E-state index contributed by atoms with van der Waals surface area (Å²) in [6.45, 7) is 6.54. The van der Waals surface area contributed by atoms with Gasteiger partial charge >= 0.3 is 0 Å². The minimum absolute atomic E-state index is 0.0455. The number of amides is 2. The summed E-state index contributed by atoms with van der Waals surface area (Å²) in [6.07, 6.45) is 0.219. The molecular formula is C24H30FN3O6. The molecule has 10 heteroatoms. The molecule has 3 heterocycles. The first-order chi connectivity index (χ1) is 16.3. The monoisotopic (exact) mass is 475 g/mol. The summed E-state index contributed by atoms with van der Waals surface area (Å²) in [7, 11) is 0. The van der Waals surface area contributed by atoms with Gasteiger partial charge in [0.15, 0.2) is 0 Å². The first kappa shape index (κ1) is 24.2. The number of morpholine rings is 2. The molecule has 2 amide bonds. The Morgan fingerprint density at radius 2 is 1.76 bits per heavy atom. The summed E-state index contributed by atoms with van der Waals surface area (Å²) in [5.41, 5.74) is 0.428. The number of rotatable bonds is 7. The Morgan fingerprint density at radius 3 is 2.44 bits per heavy atom. The van der Waals surface area contributed by atoms with Crippen molar-refractivity contribution >= 4 is 11.8 Å². The number of ether oxygens (including phenoxy) is 3. The minimum atomic E-state index is -1.03. The number of nitrogens with zero attached hydrogens (tertiary/aromatic N) is 3. The van der Waals surface area contributed by atoms with Crippen molar-refractivity contribution in [3.05, 3.63) is 47.1 Å². The zero-order valence-electron chi connectivity index (χ0n) is 19.5. The van der Waals surface area contributed by atoms with Crippen LogP contribution in [-0.4, -0.2) is 85.0 Å². The fourth-order valence-corrected chi connectivity index (χ4v) is 4.27. The van der Waals surface area contributed by atoms with E-state index in [2.05, 4.69) is 5.16 Å². The van der Waals surface area contributed by atoms with E-state index in [0.717, 1.165) is 5.56 Å². The SMILES string of the molecule is Cc1noc(C)c1CC(=O)N1CCO[C@@](COc2ccc(F)cc2)(CC(=O)N2CCOCC2)C1. The van der Waals surface area contributed by atoms with Gasteiger partial charge in [0, 0.05) is 25.2 Å². The van der Waals surface area contributed by atoms with Crippen molar-refractivity contribution in [1.82, 2.24) is 15.0 Å². The van der Waals surface area contributed by atoms with Gasteiger partial charge in [0.1, 0.15) is 29.5 Å². The van der Waals surface area contributed by atoms with Crippen molar-refractivity contribution in [2.45, 2.75) is 32.3 Å². The van der Waals surface area contributed by atoms with E-state index in [1.54, 1.807) is 23.6 Å². The molecule has 0 unspecified atom stereocenters. The highest BCUT2D eigenvalue weighted by atomic mass is 19.1. The average Bonchev–Trinajstić information content (AvgIpc) is 3.16. The summed E-state index contributed by atoms with van der Waals surface area (Å²) in [5, 5.41) is 3.93. The predicted octanol–water partition coefficient (Wildman–Crippen LogP) is 1.90. The Hall–Kier alpha value is -2.98. The summed E-state index contributed by atoms with van der Waals surface area (Å²) in [4.78, 5) is 29.7. The molecule has 0 spiro atoms. The molecular weight excluding hydrogens is 445 g/mol. The van der Waals surface area contributed by atoms with E-state index in [0.29, 0.717) is 50.1 Å². The molecule has 4 rings (SSSR count). The lowest BCUT2D eigenvalue weighted by Gasteiger charge is -2.43. The minimum Gasteiger partial charge on any atom is -0.490 e. The Labute approximate surface area is 197 Å². The van der Waals surface area contributed by atoms with Crippen LogP contribution in [0.3, 0.4) is 0 Å². The molecule has 2 aliphatic heterocycles. The first-order valence-electron chi connectivity index (χ1n) is 11.4. The van der Waals surface area contributed by atoms with Crippen molar-refractivity contribution < 1.29 is 32.7 Å². The number of carbonyl (C=O) groups excluding carboxylic acids is 2. The maximum absolute atomic E-state index is 13.3. The Balaban J connectivity index is 1.50. The zero-order valence-corrected chi connectivity index (χ0v) is 19.5. The molecule has 1 aromatic carbocycles. The molecule has 34 heavy (non-hydrogen) atoms. The van der Waals surface area contributed by atoms with E-state index in [1.807, 2.05) is 0 Å². The smallest absolute Gasteiger partial charge is 0.227 e. The van der Waals surface area contributed by atoms with Crippen LogP contribution in [0.2, 0.25) is 0 Å². The lowest BCUT2D eigenvalue weighted by Crippen LogP contribution is -2.59. The molecule has 2 aliphatic rings. The van der Waals surface area contributed by atoms with Crippen LogP contribution >= 0.6 is 0 Å². The van der Waals surface area contributed by atoms with Gasteiger partial charge in [-0.15, -0.1) is 0 Å². The van der Waals surface area contributed by atoms with Crippen molar-refractivity contribution in [3.8, 4) is 5.75 Å². The van der Waals surface area contributed by atoms with Crippen LogP contribution in [0.5, 0.6) is 5.75 Å². The highest BCUT2D eigenvalue weighted by Gasteiger charge is 2.42. The largest absolute Gasteiger partial charge is 0.490 e. The number of aryl methyl sites for hydroxylation is 2. The topological polar surface area (TPSA) is 94.3 Å². The van der Waals surface area contributed by atoms with E-state index in [4.69, 9.17) is 18.7 Å². The lowest BCUT2D eigenvalue weighted by atomic mass is 9.96. The van der Waals surface area contributed by atoms with Crippen molar-refractivity contribution in [2.24, 2.45) is 0 Å². The molecule has 0 radical (unpaired) electrons. The van der Waals surface area contributed by atoms with E-state index in [-0.39, 0.29) is 50.2 Å². The van der Waals surface area contributed by atoms with Gasteiger partial charge in [0.25, 0.3) is 0 Å².